The lowest BCUT2D eigenvalue weighted by atomic mass is 9.86. The third-order valence-electron chi connectivity index (χ3n) is 3.42. The van der Waals surface area contributed by atoms with E-state index in [2.05, 4.69) is 37.4 Å². The molecule has 1 aliphatic heterocycles. The lowest BCUT2D eigenvalue weighted by Crippen LogP contribution is -2.36. The molecule has 2 N–H and O–H groups in total. The number of rotatable bonds is 2. The summed E-state index contributed by atoms with van der Waals surface area (Å²) in [6, 6.07) is 7.00. The van der Waals surface area contributed by atoms with E-state index in [1.807, 2.05) is 0 Å². The van der Waals surface area contributed by atoms with Crippen LogP contribution in [0.5, 0.6) is 0 Å². The van der Waals surface area contributed by atoms with Crippen LogP contribution >= 0.6 is 0 Å². The van der Waals surface area contributed by atoms with E-state index in [-0.39, 0.29) is 6.61 Å². The van der Waals surface area contributed by atoms with Gasteiger partial charge in [-0.15, -0.1) is 0 Å². The average Bonchev–Trinajstić information content (AvgIpc) is 2.27. The molecule has 1 heterocycles. The summed E-state index contributed by atoms with van der Waals surface area (Å²) in [5, 5.41) is 13.0. The van der Waals surface area contributed by atoms with Gasteiger partial charge in [0.15, 0.2) is 0 Å². The van der Waals surface area contributed by atoms with Crippen molar-refractivity contribution in [2.75, 3.05) is 13.2 Å². The molecular formula is C14H21NO. The first-order valence-corrected chi connectivity index (χ1v) is 6.13. The molecule has 1 aliphatic rings. The Balaban J connectivity index is 2.26. The van der Waals surface area contributed by atoms with Crippen molar-refractivity contribution in [1.82, 2.24) is 5.32 Å². The first-order valence-electron chi connectivity index (χ1n) is 6.13. The Bertz CT molecular complexity index is 342. The number of hydrogen-bond acceptors (Lipinski definition) is 2. The summed E-state index contributed by atoms with van der Waals surface area (Å²) >= 11 is 0. The minimum Gasteiger partial charge on any atom is -0.396 e. The van der Waals surface area contributed by atoms with Gasteiger partial charge in [-0.25, -0.2) is 0 Å². The fraction of sp³-hybridized carbons (Fsp3) is 0.571. The molecule has 1 saturated heterocycles. The van der Waals surface area contributed by atoms with Crippen LogP contribution in [0.2, 0.25) is 0 Å². The molecule has 2 heteroatoms. The van der Waals surface area contributed by atoms with Crippen molar-refractivity contribution in [3.63, 3.8) is 0 Å². The van der Waals surface area contributed by atoms with Crippen LogP contribution in [0.3, 0.4) is 0 Å². The highest BCUT2D eigenvalue weighted by Gasteiger charge is 2.25. The lowest BCUT2D eigenvalue weighted by molar-refractivity contribution is 0.160. The van der Waals surface area contributed by atoms with Crippen molar-refractivity contribution in [3.8, 4) is 0 Å². The van der Waals surface area contributed by atoms with E-state index < -0.39 is 0 Å². The molecule has 2 unspecified atom stereocenters. The molecule has 0 amide bonds. The average molecular weight is 219 g/mol. The van der Waals surface area contributed by atoms with E-state index in [0.717, 1.165) is 13.0 Å². The van der Waals surface area contributed by atoms with Crippen molar-refractivity contribution in [2.24, 2.45) is 5.92 Å². The number of piperidine rings is 1. The van der Waals surface area contributed by atoms with E-state index in [4.69, 9.17) is 0 Å². The summed E-state index contributed by atoms with van der Waals surface area (Å²) in [6.07, 6.45) is 2.30. The molecule has 0 aromatic heterocycles. The third kappa shape index (κ3) is 2.45. The van der Waals surface area contributed by atoms with Gasteiger partial charge in [0.05, 0.1) is 0 Å². The van der Waals surface area contributed by atoms with Crippen molar-refractivity contribution < 1.29 is 5.11 Å². The van der Waals surface area contributed by atoms with Gasteiger partial charge in [-0.05, 0) is 38.8 Å². The highest BCUT2D eigenvalue weighted by atomic mass is 16.3. The predicted octanol–water partition coefficient (Wildman–Crippen LogP) is 2.34. The van der Waals surface area contributed by atoms with E-state index in [0.29, 0.717) is 12.0 Å². The Morgan fingerprint density at radius 3 is 2.56 bits per heavy atom. The number of aliphatic hydroxyl groups is 1. The predicted molar refractivity (Wildman–Crippen MR) is 66.5 cm³/mol. The fourth-order valence-electron chi connectivity index (χ4n) is 2.73. The molecule has 0 aliphatic carbocycles. The van der Waals surface area contributed by atoms with Gasteiger partial charge in [-0.3, -0.25) is 0 Å². The van der Waals surface area contributed by atoms with Crippen LogP contribution in [-0.4, -0.2) is 18.3 Å². The molecule has 0 bridgehead atoms. The molecule has 0 spiro atoms. The second-order valence-electron chi connectivity index (χ2n) is 4.94. The summed E-state index contributed by atoms with van der Waals surface area (Å²) in [7, 11) is 0. The van der Waals surface area contributed by atoms with Gasteiger partial charge in [-0.2, -0.15) is 0 Å². The largest absolute Gasteiger partial charge is 0.396 e. The Labute approximate surface area is 97.7 Å². The molecule has 2 rings (SSSR count). The monoisotopic (exact) mass is 219 g/mol. The van der Waals surface area contributed by atoms with Gasteiger partial charge < -0.3 is 10.4 Å². The van der Waals surface area contributed by atoms with Crippen LogP contribution in [0.25, 0.3) is 0 Å². The van der Waals surface area contributed by atoms with Gasteiger partial charge in [0, 0.05) is 18.6 Å². The molecule has 1 aromatic carbocycles. The van der Waals surface area contributed by atoms with Crippen LogP contribution in [0, 0.1) is 19.8 Å². The van der Waals surface area contributed by atoms with Crippen molar-refractivity contribution in [1.29, 1.82) is 0 Å². The van der Waals surface area contributed by atoms with E-state index in [1.54, 1.807) is 0 Å². The van der Waals surface area contributed by atoms with Crippen LogP contribution < -0.4 is 5.32 Å². The van der Waals surface area contributed by atoms with Gasteiger partial charge >= 0.3 is 0 Å². The fourth-order valence-corrected chi connectivity index (χ4v) is 2.73. The summed E-state index contributed by atoms with van der Waals surface area (Å²) in [6.45, 7) is 5.61. The van der Waals surface area contributed by atoms with Gasteiger partial charge in [0.25, 0.3) is 0 Å². The quantitative estimate of drug-likeness (QED) is 0.800. The molecule has 0 saturated carbocycles. The second kappa shape index (κ2) is 4.98. The number of aliphatic hydroxyl groups excluding tert-OH is 1. The van der Waals surface area contributed by atoms with E-state index in [9.17, 15) is 5.11 Å². The lowest BCUT2D eigenvalue weighted by Gasteiger charge is -2.32. The zero-order valence-corrected chi connectivity index (χ0v) is 10.2. The second-order valence-corrected chi connectivity index (χ2v) is 4.94. The Kier molecular flexibility index (Phi) is 3.62. The molecule has 1 aromatic rings. The number of benzene rings is 1. The Morgan fingerprint density at radius 1 is 1.25 bits per heavy atom. The first kappa shape index (κ1) is 11.6. The van der Waals surface area contributed by atoms with Gasteiger partial charge in [0.1, 0.15) is 0 Å². The van der Waals surface area contributed by atoms with Crippen LogP contribution in [0.4, 0.5) is 0 Å². The van der Waals surface area contributed by atoms with Crippen molar-refractivity contribution in [3.05, 3.63) is 34.9 Å². The van der Waals surface area contributed by atoms with Crippen LogP contribution in [0.1, 0.15) is 35.6 Å². The Morgan fingerprint density at radius 2 is 1.94 bits per heavy atom. The van der Waals surface area contributed by atoms with Crippen LogP contribution in [-0.2, 0) is 0 Å². The zero-order chi connectivity index (χ0) is 11.5. The van der Waals surface area contributed by atoms with Gasteiger partial charge in [0.2, 0.25) is 0 Å². The maximum absolute atomic E-state index is 9.42. The number of nitrogens with one attached hydrogen (secondary N) is 1. The zero-order valence-electron chi connectivity index (χ0n) is 10.2. The van der Waals surface area contributed by atoms with Crippen molar-refractivity contribution in [2.45, 2.75) is 32.7 Å². The summed E-state index contributed by atoms with van der Waals surface area (Å²) < 4.78 is 0. The molecular weight excluding hydrogens is 198 g/mol. The molecule has 2 nitrogen and oxygen atoms in total. The summed E-state index contributed by atoms with van der Waals surface area (Å²) in [5.41, 5.74) is 3.94. The molecule has 1 fully saturated rings. The minimum atomic E-state index is 0.282. The standard InChI is InChI=1S/C14H21NO/c1-10-6-11(2)8-13(7-10)14-12(9-16)4-3-5-15-14/h6-8,12,14-16H,3-5,9H2,1-2H3. The summed E-state index contributed by atoms with van der Waals surface area (Å²) in [4.78, 5) is 0. The highest BCUT2D eigenvalue weighted by molar-refractivity contribution is 5.31. The first-order chi connectivity index (χ1) is 7.70. The molecule has 88 valence electrons. The van der Waals surface area contributed by atoms with E-state index in [1.165, 1.54) is 23.1 Å². The number of hydrogen-bond donors (Lipinski definition) is 2. The molecule has 0 radical (unpaired) electrons. The highest BCUT2D eigenvalue weighted by Crippen LogP contribution is 2.29. The summed E-state index contributed by atoms with van der Waals surface area (Å²) in [5.74, 6) is 0.370. The van der Waals surface area contributed by atoms with E-state index >= 15 is 0 Å². The maximum Gasteiger partial charge on any atom is 0.0477 e. The molecule has 2 atom stereocenters. The smallest absolute Gasteiger partial charge is 0.0477 e. The normalized spacial score (nSPS) is 25.7. The maximum atomic E-state index is 9.42. The van der Waals surface area contributed by atoms with Crippen LogP contribution in [0.15, 0.2) is 18.2 Å². The Hall–Kier alpha value is -0.860. The topological polar surface area (TPSA) is 32.3 Å². The minimum absolute atomic E-state index is 0.282. The van der Waals surface area contributed by atoms with Crippen molar-refractivity contribution >= 4 is 0 Å². The third-order valence-corrected chi connectivity index (χ3v) is 3.42. The van der Waals surface area contributed by atoms with Gasteiger partial charge in [-0.1, -0.05) is 29.3 Å². The molecule has 16 heavy (non-hydrogen) atoms. The number of aryl methyl sites for hydroxylation is 2. The SMILES string of the molecule is Cc1cc(C)cc(C2NCCCC2CO)c1.